The van der Waals surface area contributed by atoms with Crippen molar-refractivity contribution in [2.45, 2.75) is 17.4 Å². The van der Waals surface area contributed by atoms with Gasteiger partial charge in [0.15, 0.2) is 0 Å². The summed E-state index contributed by atoms with van der Waals surface area (Å²) in [6.07, 6.45) is 0.663. The van der Waals surface area contributed by atoms with E-state index in [1.54, 1.807) is 0 Å². The van der Waals surface area contributed by atoms with Crippen molar-refractivity contribution < 1.29 is 9.90 Å². The number of rotatable bonds is 1. The average Bonchev–Trinajstić information content (AvgIpc) is 2.17. The molecule has 68 valence electrons. The molecule has 1 aliphatic heterocycles. The highest BCUT2D eigenvalue weighted by atomic mass is 32.2. The average molecular weight is 194 g/mol. The van der Waals surface area contributed by atoms with Gasteiger partial charge in [0.1, 0.15) is 5.25 Å². The second kappa shape index (κ2) is 3.42. The van der Waals surface area contributed by atoms with Crippen LogP contribution in [-0.4, -0.2) is 16.3 Å². The first-order valence-electron chi connectivity index (χ1n) is 4.18. The second-order valence-electron chi connectivity index (χ2n) is 3.11. The molecule has 3 heteroatoms. The van der Waals surface area contributed by atoms with Crippen LogP contribution in [0.5, 0.6) is 0 Å². The van der Waals surface area contributed by atoms with Crippen LogP contribution in [-0.2, 0) is 17.0 Å². The van der Waals surface area contributed by atoms with E-state index >= 15 is 0 Å². The number of carboxylic acids is 1. The summed E-state index contributed by atoms with van der Waals surface area (Å²) in [6.45, 7) is 0. The maximum Gasteiger partial charge on any atom is 0.316 e. The molecule has 0 saturated carbocycles. The number of carboxylic acid groups (broad SMARTS) is 1. The molecule has 13 heavy (non-hydrogen) atoms. The van der Waals surface area contributed by atoms with Gasteiger partial charge in [-0.1, -0.05) is 24.3 Å². The topological polar surface area (TPSA) is 37.3 Å². The van der Waals surface area contributed by atoms with Gasteiger partial charge in [0, 0.05) is 5.75 Å². The van der Waals surface area contributed by atoms with Gasteiger partial charge in [0.25, 0.3) is 0 Å². The van der Waals surface area contributed by atoms with E-state index in [0.29, 0.717) is 6.42 Å². The summed E-state index contributed by atoms with van der Waals surface area (Å²) < 4.78 is 0. The summed E-state index contributed by atoms with van der Waals surface area (Å²) in [5.41, 5.74) is 2.47. The summed E-state index contributed by atoms with van der Waals surface area (Å²) in [7, 11) is 0. The third-order valence-corrected chi connectivity index (χ3v) is 3.49. The van der Waals surface area contributed by atoms with Crippen LogP contribution in [0.3, 0.4) is 0 Å². The van der Waals surface area contributed by atoms with Crippen LogP contribution in [0.4, 0.5) is 0 Å². The summed E-state index contributed by atoms with van der Waals surface area (Å²) in [5.74, 6) is 0.132. The van der Waals surface area contributed by atoms with E-state index in [9.17, 15) is 4.79 Å². The van der Waals surface area contributed by atoms with Gasteiger partial charge in [-0.15, -0.1) is 11.8 Å². The Labute approximate surface area is 81.0 Å². The highest BCUT2D eigenvalue weighted by molar-refractivity contribution is 7.99. The van der Waals surface area contributed by atoms with Crippen molar-refractivity contribution in [3.05, 3.63) is 35.4 Å². The quantitative estimate of drug-likeness (QED) is 0.742. The Kier molecular flexibility index (Phi) is 2.27. The maximum atomic E-state index is 10.7. The van der Waals surface area contributed by atoms with Gasteiger partial charge in [-0.2, -0.15) is 0 Å². The van der Waals surface area contributed by atoms with Gasteiger partial charge in [0.2, 0.25) is 0 Å². The van der Waals surface area contributed by atoms with Gasteiger partial charge in [-0.3, -0.25) is 4.79 Å². The number of benzene rings is 1. The van der Waals surface area contributed by atoms with Crippen LogP contribution in [0.15, 0.2) is 24.3 Å². The minimum absolute atomic E-state index is 0.255. The van der Waals surface area contributed by atoms with Gasteiger partial charge in [-0.05, 0) is 17.5 Å². The molecule has 1 heterocycles. The van der Waals surface area contributed by atoms with E-state index < -0.39 is 5.97 Å². The number of aliphatic carboxylic acids is 1. The molecule has 1 atom stereocenters. The molecular weight excluding hydrogens is 184 g/mol. The molecule has 1 aromatic rings. The largest absolute Gasteiger partial charge is 0.480 e. The predicted octanol–water partition coefficient (Wildman–Crippen LogP) is 1.93. The molecule has 0 spiro atoms. The molecule has 2 rings (SSSR count). The van der Waals surface area contributed by atoms with E-state index in [2.05, 4.69) is 6.07 Å². The molecule has 1 unspecified atom stereocenters. The zero-order valence-electron chi connectivity index (χ0n) is 7.06. The zero-order chi connectivity index (χ0) is 9.26. The van der Waals surface area contributed by atoms with Gasteiger partial charge < -0.3 is 5.11 Å². The van der Waals surface area contributed by atoms with Crippen molar-refractivity contribution >= 4 is 17.7 Å². The summed E-state index contributed by atoms with van der Waals surface area (Å²) in [6, 6.07) is 8.06. The maximum absolute atomic E-state index is 10.7. The minimum atomic E-state index is -0.695. The summed E-state index contributed by atoms with van der Waals surface area (Å²) in [4.78, 5) is 10.7. The lowest BCUT2D eigenvalue weighted by Crippen LogP contribution is -2.23. The highest BCUT2D eigenvalue weighted by Gasteiger charge is 2.23. The van der Waals surface area contributed by atoms with Crippen molar-refractivity contribution in [2.24, 2.45) is 0 Å². The molecule has 1 aromatic carbocycles. The van der Waals surface area contributed by atoms with Crippen LogP contribution in [0, 0.1) is 0 Å². The Morgan fingerprint density at radius 1 is 1.38 bits per heavy atom. The third kappa shape index (κ3) is 1.70. The fraction of sp³-hybridized carbons (Fsp3) is 0.300. The molecule has 0 bridgehead atoms. The second-order valence-corrected chi connectivity index (χ2v) is 4.30. The van der Waals surface area contributed by atoms with Crippen LogP contribution in [0.25, 0.3) is 0 Å². The monoisotopic (exact) mass is 194 g/mol. The standard InChI is InChI=1S/C10H10O2S/c11-10(12)9-5-7-3-1-2-4-8(7)6-13-9/h1-4,9H,5-6H2,(H,11,12). The number of hydrogen-bond donors (Lipinski definition) is 1. The molecule has 0 fully saturated rings. The number of carbonyl (C=O) groups is 1. The fourth-order valence-corrected chi connectivity index (χ4v) is 2.61. The van der Waals surface area contributed by atoms with E-state index in [1.807, 2.05) is 18.2 Å². The van der Waals surface area contributed by atoms with Crippen molar-refractivity contribution in [1.29, 1.82) is 0 Å². The number of thioether (sulfide) groups is 1. The molecule has 1 N–H and O–H groups in total. The number of hydrogen-bond acceptors (Lipinski definition) is 2. The first-order valence-corrected chi connectivity index (χ1v) is 5.23. The lowest BCUT2D eigenvalue weighted by Gasteiger charge is -2.20. The van der Waals surface area contributed by atoms with E-state index in [0.717, 1.165) is 5.75 Å². The van der Waals surface area contributed by atoms with Gasteiger partial charge in [-0.25, -0.2) is 0 Å². The molecule has 0 radical (unpaired) electrons. The van der Waals surface area contributed by atoms with E-state index in [4.69, 9.17) is 5.11 Å². The molecule has 1 aliphatic rings. The lowest BCUT2D eigenvalue weighted by atomic mass is 10.0. The summed E-state index contributed by atoms with van der Waals surface area (Å²) in [5, 5.41) is 8.59. The Hall–Kier alpha value is -0.960. The van der Waals surface area contributed by atoms with Crippen LogP contribution < -0.4 is 0 Å². The lowest BCUT2D eigenvalue weighted by molar-refractivity contribution is -0.136. The molecule has 0 aromatic heterocycles. The van der Waals surface area contributed by atoms with E-state index in [1.165, 1.54) is 22.9 Å². The Morgan fingerprint density at radius 2 is 2.08 bits per heavy atom. The van der Waals surface area contributed by atoms with Crippen LogP contribution >= 0.6 is 11.8 Å². The predicted molar refractivity (Wildman–Crippen MR) is 52.9 cm³/mol. The highest BCUT2D eigenvalue weighted by Crippen LogP contribution is 2.29. The Bertz CT molecular complexity index is 335. The molecule has 2 nitrogen and oxygen atoms in total. The SMILES string of the molecule is O=C(O)C1Cc2ccccc2CS1. The fourth-order valence-electron chi connectivity index (χ4n) is 1.51. The van der Waals surface area contributed by atoms with Crippen LogP contribution in [0.1, 0.15) is 11.1 Å². The van der Waals surface area contributed by atoms with Crippen molar-refractivity contribution in [1.82, 2.24) is 0 Å². The molecular formula is C10H10O2S. The first-order chi connectivity index (χ1) is 6.27. The normalized spacial score (nSPS) is 20.8. The van der Waals surface area contributed by atoms with Crippen molar-refractivity contribution in [3.63, 3.8) is 0 Å². The molecule has 0 saturated heterocycles. The zero-order valence-corrected chi connectivity index (χ0v) is 7.88. The summed E-state index contributed by atoms with van der Waals surface area (Å²) >= 11 is 1.51. The van der Waals surface area contributed by atoms with Crippen molar-refractivity contribution in [3.8, 4) is 0 Å². The van der Waals surface area contributed by atoms with Crippen molar-refractivity contribution in [2.75, 3.05) is 0 Å². The van der Waals surface area contributed by atoms with Gasteiger partial charge >= 0.3 is 5.97 Å². The Balaban J connectivity index is 2.24. The van der Waals surface area contributed by atoms with E-state index in [-0.39, 0.29) is 5.25 Å². The van der Waals surface area contributed by atoms with Crippen LogP contribution in [0.2, 0.25) is 0 Å². The number of fused-ring (bicyclic) bond motifs is 1. The minimum Gasteiger partial charge on any atom is -0.480 e. The molecule has 0 amide bonds. The van der Waals surface area contributed by atoms with Gasteiger partial charge in [0.05, 0.1) is 0 Å². The third-order valence-electron chi connectivity index (χ3n) is 2.24. The Morgan fingerprint density at radius 3 is 2.77 bits per heavy atom. The molecule has 0 aliphatic carbocycles. The first kappa shape index (κ1) is 8.63. The smallest absolute Gasteiger partial charge is 0.316 e.